The van der Waals surface area contributed by atoms with E-state index in [1.54, 1.807) is 18.2 Å². The fourth-order valence-electron chi connectivity index (χ4n) is 5.31. The molecule has 0 atom stereocenters. The van der Waals surface area contributed by atoms with Crippen molar-refractivity contribution in [1.82, 2.24) is 15.2 Å². The van der Waals surface area contributed by atoms with Crippen molar-refractivity contribution in [2.75, 3.05) is 13.1 Å². The van der Waals surface area contributed by atoms with E-state index in [1.165, 1.54) is 24.9 Å². The Kier molecular flexibility index (Phi) is 7.67. The van der Waals surface area contributed by atoms with Crippen LogP contribution >= 0.6 is 0 Å². The maximum Gasteiger partial charge on any atom is 0.270 e. The lowest BCUT2D eigenvalue weighted by Crippen LogP contribution is -2.40. The third kappa shape index (κ3) is 5.30. The summed E-state index contributed by atoms with van der Waals surface area (Å²) in [5.41, 5.74) is 12.7. The van der Waals surface area contributed by atoms with E-state index in [-0.39, 0.29) is 23.2 Å². The normalized spacial score (nSPS) is 19.6. The summed E-state index contributed by atoms with van der Waals surface area (Å²) in [4.78, 5) is 19.6. The number of nitriles is 1. The summed E-state index contributed by atoms with van der Waals surface area (Å²) in [5.74, 6) is -0.693. The Morgan fingerprint density at radius 2 is 2.00 bits per heavy atom. The first kappa shape index (κ1) is 24.7. The van der Waals surface area contributed by atoms with Gasteiger partial charge in [-0.2, -0.15) is 5.26 Å². The van der Waals surface area contributed by atoms with Gasteiger partial charge in [-0.25, -0.2) is 9.37 Å². The van der Waals surface area contributed by atoms with Gasteiger partial charge in [0, 0.05) is 31.1 Å². The summed E-state index contributed by atoms with van der Waals surface area (Å²) < 4.78 is 14.7. The number of allylic oxidation sites excluding steroid dienone is 2. The van der Waals surface area contributed by atoms with Crippen molar-refractivity contribution in [3.63, 3.8) is 0 Å². The first-order valence-electron chi connectivity index (χ1n) is 12.3. The zero-order valence-corrected chi connectivity index (χ0v) is 20.0. The van der Waals surface area contributed by atoms with Crippen LogP contribution in [0.1, 0.15) is 61.0 Å². The second kappa shape index (κ2) is 10.9. The number of amides is 1. The van der Waals surface area contributed by atoms with E-state index < -0.39 is 11.2 Å². The number of pyridine rings is 1. The summed E-state index contributed by atoms with van der Waals surface area (Å²) in [6.45, 7) is 1.85. The van der Waals surface area contributed by atoms with Gasteiger partial charge in [-0.05, 0) is 67.4 Å². The van der Waals surface area contributed by atoms with Crippen molar-refractivity contribution >= 4 is 16.8 Å². The first-order valence-corrected chi connectivity index (χ1v) is 12.3. The molecule has 4 rings (SSSR count). The SMILES string of the molecule is N#CC1(C(=CN)/C=C\N)CCN(Cc2cc(C(=O)NC3CCCCC3)nc3c(F)cccc23)CC1. The number of piperidine rings is 1. The number of aromatic nitrogens is 1. The van der Waals surface area contributed by atoms with Crippen LogP contribution in [0.25, 0.3) is 10.9 Å². The molecule has 0 unspecified atom stereocenters. The molecule has 184 valence electrons. The van der Waals surface area contributed by atoms with Crippen molar-refractivity contribution in [3.8, 4) is 6.07 Å². The lowest BCUT2D eigenvalue weighted by molar-refractivity contribution is 0.0922. The molecular formula is C27H33FN6O. The summed E-state index contributed by atoms with van der Waals surface area (Å²) in [6, 6.07) is 9.25. The van der Waals surface area contributed by atoms with Gasteiger partial charge >= 0.3 is 0 Å². The van der Waals surface area contributed by atoms with E-state index >= 15 is 0 Å². The standard InChI is InChI=1S/C27H33FN6O/c28-23-8-4-7-22-19(15-24(33-25(22)23)26(35)32-21-5-2-1-3-6-21)17-34-13-10-27(18-31,11-14-34)20(16-30)9-12-29/h4,7-9,12,15-16,21H,1-3,5-6,10-11,13-14,17,29-30H2,(H,32,35)/b12-9-,20-16?. The number of carbonyl (C=O) groups excluding carboxylic acids is 1. The fraction of sp³-hybridized carbons (Fsp3) is 0.444. The van der Waals surface area contributed by atoms with Crippen LogP contribution in [0.2, 0.25) is 0 Å². The highest BCUT2D eigenvalue weighted by atomic mass is 19.1. The van der Waals surface area contributed by atoms with Crippen molar-refractivity contribution in [2.45, 2.75) is 57.5 Å². The zero-order valence-electron chi connectivity index (χ0n) is 20.0. The second-order valence-electron chi connectivity index (χ2n) is 9.56. The van der Waals surface area contributed by atoms with Gasteiger partial charge in [-0.3, -0.25) is 9.69 Å². The molecule has 35 heavy (non-hydrogen) atoms. The van der Waals surface area contributed by atoms with Crippen LogP contribution in [0, 0.1) is 22.6 Å². The Hall–Kier alpha value is -3.44. The number of hydrogen-bond acceptors (Lipinski definition) is 6. The number of rotatable bonds is 6. The van der Waals surface area contributed by atoms with E-state index in [4.69, 9.17) is 11.5 Å². The van der Waals surface area contributed by atoms with Crippen LogP contribution in [0.3, 0.4) is 0 Å². The van der Waals surface area contributed by atoms with E-state index in [0.29, 0.717) is 37.9 Å². The number of halogens is 1. The van der Waals surface area contributed by atoms with Crippen LogP contribution in [0.15, 0.2) is 48.3 Å². The minimum absolute atomic E-state index is 0.145. The Balaban J connectivity index is 1.56. The number of hydrogen-bond donors (Lipinski definition) is 3. The second-order valence-corrected chi connectivity index (χ2v) is 9.56. The van der Waals surface area contributed by atoms with E-state index in [1.807, 2.05) is 6.07 Å². The number of carbonyl (C=O) groups is 1. The van der Waals surface area contributed by atoms with Crippen molar-refractivity contribution in [1.29, 1.82) is 5.26 Å². The summed E-state index contributed by atoms with van der Waals surface area (Å²) in [6.07, 6.45) is 11.1. The molecule has 0 radical (unpaired) electrons. The minimum atomic E-state index is -0.682. The molecule has 0 spiro atoms. The lowest BCUT2D eigenvalue weighted by Gasteiger charge is -2.38. The fourth-order valence-corrected chi connectivity index (χ4v) is 5.31. The van der Waals surface area contributed by atoms with Gasteiger partial charge in [0.15, 0.2) is 0 Å². The molecule has 1 aromatic carbocycles. The Bertz CT molecular complexity index is 1170. The number of benzene rings is 1. The lowest BCUT2D eigenvalue weighted by atomic mass is 9.73. The maximum atomic E-state index is 14.7. The third-order valence-corrected chi connectivity index (χ3v) is 7.37. The molecule has 1 aromatic heterocycles. The van der Waals surface area contributed by atoms with Gasteiger partial charge in [-0.1, -0.05) is 31.4 Å². The largest absolute Gasteiger partial charge is 0.405 e. The zero-order chi connectivity index (χ0) is 24.8. The molecule has 1 amide bonds. The van der Waals surface area contributed by atoms with Crippen LogP contribution in [-0.2, 0) is 6.54 Å². The van der Waals surface area contributed by atoms with Crippen molar-refractivity contribution in [2.24, 2.45) is 16.9 Å². The van der Waals surface area contributed by atoms with Gasteiger partial charge in [0.05, 0.1) is 11.5 Å². The van der Waals surface area contributed by atoms with Gasteiger partial charge in [0.1, 0.15) is 17.0 Å². The maximum absolute atomic E-state index is 14.7. The smallest absolute Gasteiger partial charge is 0.270 e. The Morgan fingerprint density at radius 1 is 1.26 bits per heavy atom. The average Bonchev–Trinajstić information content (AvgIpc) is 2.89. The quantitative estimate of drug-likeness (QED) is 0.545. The molecule has 5 N–H and O–H groups in total. The van der Waals surface area contributed by atoms with Gasteiger partial charge in [-0.15, -0.1) is 0 Å². The van der Waals surface area contributed by atoms with E-state index in [9.17, 15) is 14.4 Å². The average molecular weight is 477 g/mol. The highest BCUT2D eigenvalue weighted by molar-refractivity contribution is 5.96. The van der Waals surface area contributed by atoms with Gasteiger partial charge in [0.25, 0.3) is 5.91 Å². The molecule has 1 saturated heterocycles. The minimum Gasteiger partial charge on any atom is -0.405 e. The summed E-state index contributed by atoms with van der Waals surface area (Å²) in [5, 5.41) is 13.7. The molecule has 2 aliphatic rings. The highest BCUT2D eigenvalue weighted by Crippen LogP contribution is 2.39. The third-order valence-electron chi connectivity index (χ3n) is 7.37. The molecule has 1 saturated carbocycles. The monoisotopic (exact) mass is 476 g/mol. The van der Waals surface area contributed by atoms with Crippen molar-refractivity contribution < 1.29 is 9.18 Å². The molecule has 2 fully saturated rings. The molecule has 2 aromatic rings. The molecule has 1 aliphatic heterocycles. The van der Waals surface area contributed by atoms with E-state index in [2.05, 4.69) is 21.3 Å². The van der Waals surface area contributed by atoms with Crippen LogP contribution in [-0.4, -0.2) is 34.9 Å². The number of nitrogens with one attached hydrogen (secondary N) is 1. The number of nitrogens with zero attached hydrogens (tertiary/aromatic N) is 3. The number of fused-ring (bicyclic) bond motifs is 1. The summed E-state index contributed by atoms with van der Waals surface area (Å²) in [7, 11) is 0. The molecule has 2 heterocycles. The molecular weight excluding hydrogens is 443 g/mol. The van der Waals surface area contributed by atoms with Crippen LogP contribution in [0.4, 0.5) is 4.39 Å². The number of likely N-dealkylation sites (tertiary alicyclic amines) is 1. The summed E-state index contributed by atoms with van der Waals surface area (Å²) >= 11 is 0. The van der Waals surface area contributed by atoms with Crippen LogP contribution in [0.5, 0.6) is 0 Å². The van der Waals surface area contributed by atoms with Gasteiger partial charge in [0.2, 0.25) is 0 Å². The number of nitrogens with two attached hydrogens (primary N) is 2. The van der Waals surface area contributed by atoms with Crippen molar-refractivity contribution in [3.05, 3.63) is 65.4 Å². The molecule has 8 heteroatoms. The molecule has 0 bridgehead atoms. The highest BCUT2D eigenvalue weighted by Gasteiger charge is 2.37. The number of para-hydroxylation sites is 1. The predicted octanol–water partition coefficient (Wildman–Crippen LogP) is 3.86. The Morgan fingerprint density at radius 3 is 2.66 bits per heavy atom. The van der Waals surface area contributed by atoms with E-state index in [0.717, 1.165) is 36.8 Å². The Labute approximate surface area is 205 Å². The first-order chi connectivity index (χ1) is 17.0. The van der Waals surface area contributed by atoms with Gasteiger partial charge < -0.3 is 16.8 Å². The molecule has 7 nitrogen and oxygen atoms in total. The molecule has 1 aliphatic carbocycles. The predicted molar refractivity (Wildman–Crippen MR) is 134 cm³/mol. The van der Waals surface area contributed by atoms with Crippen LogP contribution < -0.4 is 16.8 Å². The topological polar surface area (TPSA) is 121 Å².